The first-order valence-electron chi connectivity index (χ1n) is 6.16. The quantitative estimate of drug-likeness (QED) is 0.733. The minimum atomic E-state index is -0.0133. The van der Waals surface area contributed by atoms with E-state index in [2.05, 4.69) is 17.1 Å². The molecule has 0 spiro atoms. The molecule has 3 aromatic heterocycles. The van der Waals surface area contributed by atoms with Gasteiger partial charge < -0.3 is 9.09 Å². The smallest absolute Gasteiger partial charge is 0.259 e. The molecule has 0 saturated carbocycles. The maximum atomic E-state index is 12.2. The van der Waals surface area contributed by atoms with E-state index in [1.807, 2.05) is 17.5 Å². The van der Waals surface area contributed by atoms with Gasteiger partial charge in [0.25, 0.3) is 5.56 Å². The van der Waals surface area contributed by atoms with Crippen molar-refractivity contribution in [3.8, 4) is 0 Å². The second-order valence-corrected chi connectivity index (χ2v) is 5.25. The summed E-state index contributed by atoms with van der Waals surface area (Å²) < 4.78 is 7.72. The number of thiophene rings is 1. The number of aryl methyl sites for hydroxylation is 1. The first-order chi connectivity index (χ1) is 9.28. The van der Waals surface area contributed by atoms with Gasteiger partial charge in [-0.3, -0.25) is 4.79 Å². The topological polar surface area (TPSA) is 60.9 Å². The lowest BCUT2D eigenvalue weighted by Crippen LogP contribution is -2.19. The van der Waals surface area contributed by atoms with E-state index >= 15 is 0 Å². The van der Waals surface area contributed by atoms with Crippen molar-refractivity contribution in [2.24, 2.45) is 0 Å². The van der Waals surface area contributed by atoms with E-state index in [0.29, 0.717) is 18.3 Å². The number of hydrogen-bond acceptors (Lipinski definition) is 5. The van der Waals surface area contributed by atoms with E-state index < -0.39 is 0 Å². The van der Waals surface area contributed by atoms with E-state index in [9.17, 15) is 4.79 Å². The summed E-state index contributed by atoms with van der Waals surface area (Å²) in [6.45, 7) is 2.40. The lowest BCUT2D eigenvalue weighted by molar-refractivity contribution is 0.371. The zero-order valence-electron chi connectivity index (χ0n) is 10.5. The van der Waals surface area contributed by atoms with Crippen LogP contribution in [0.4, 0.5) is 0 Å². The highest BCUT2D eigenvalue weighted by atomic mass is 32.1. The molecule has 0 aliphatic rings. The molecular formula is C13H13N3O2S. The normalized spacial score (nSPS) is 11.2. The van der Waals surface area contributed by atoms with E-state index in [1.54, 1.807) is 22.1 Å². The molecule has 3 heterocycles. The van der Waals surface area contributed by atoms with Crippen molar-refractivity contribution >= 4 is 21.4 Å². The molecule has 0 radical (unpaired) electrons. The van der Waals surface area contributed by atoms with E-state index in [1.165, 1.54) is 0 Å². The lowest BCUT2D eigenvalue weighted by atomic mass is 10.3. The van der Waals surface area contributed by atoms with Gasteiger partial charge in [0.15, 0.2) is 5.82 Å². The summed E-state index contributed by atoms with van der Waals surface area (Å²) in [5.74, 6) is 1.17. The van der Waals surface area contributed by atoms with E-state index in [-0.39, 0.29) is 5.56 Å². The average Bonchev–Trinajstić information content (AvgIpc) is 3.03. The van der Waals surface area contributed by atoms with E-state index in [0.717, 1.165) is 22.9 Å². The fraction of sp³-hybridized carbons (Fsp3) is 0.308. The van der Waals surface area contributed by atoms with Crippen LogP contribution in [-0.4, -0.2) is 14.7 Å². The molecule has 0 bridgehead atoms. The molecule has 0 aliphatic heterocycles. The molecule has 19 heavy (non-hydrogen) atoms. The van der Waals surface area contributed by atoms with Crippen molar-refractivity contribution in [2.45, 2.75) is 26.3 Å². The summed E-state index contributed by atoms with van der Waals surface area (Å²) in [7, 11) is 0. The molecule has 0 saturated heterocycles. The summed E-state index contributed by atoms with van der Waals surface area (Å²) in [4.78, 5) is 16.5. The van der Waals surface area contributed by atoms with Gasteiger partial charge in [0.05, 0.1) is 11.9 Å². The zero-order valence-corrected chi connectivity index (χ0v) is 11.3. The van der Waals surface area contributed by atoms with Crippen LogP contribution in [0.3, 0.4) is 0 Å². The average molecular weight is 275 g/mol. The van der Waals surface area contributed by atoms with Crippen molar-refractivity contribution < 1.29 is 4.52 Å². The second-order valence-electron chi connectivity index (χ2n) is 4.30. The Morgan fingerprint density at radius 1 is 1.42 bits per heavy atom. The summed E-state index contributed by atoms with van der Waals surface area (Å²) in [6, 6.07) is 3.78. The summed E-state index contributed by atoms with van der Waals surface area (Å²) in [6.07, 6.45) is 3.50. The zero-order chi connectivity index (χ0) is 13.2. The highest BCUT2D eigenvalue weighted by Crippen LogP contribution is 2.16. The van der Waals surface area contributed by atoms with Gasteiger partial charge in [-0.1, -0.05) is 12.1 Å². The van der Waals surface area contributed by atoms with Crippen LogP contribution in [0.15, 0.2) is 33.0 Å². The SMILES string of the molecule is CCCc1nc(Cn2ccc3sccc3c2=O)no1. The molecule has 5 nitrogen and oxygen atoms in total. The van der Waals surface area contributed by atoms with Crippen LogP contribution in [0.25, 0.3) is 10.1 Å². The molecule has 0 aliphatic carbocycles. The first-order valence-corrected chi connectivity index (χ1v) is 7.04. The second kappa shape index (κ2) is 4.97. The highest BCUT2D eigenvalue weighted by Gasteiger charge is 2.09. The number of rotatable bonds is 4. The minimum absolute atomic E-state index is 0.0133. The Labute approximate surface area is 113 Å². The number of nitrogens with zero attached hydrogens (tertiary/aromatic N) is 3. The van der Waals surface area contributed by atoms with Gasteiger partial charge in [0, 0.05) is 17.3 Å². The fourth-order valence-corrected chi connectivity index (χ4v) is 2.73. The van der Waals surface area contributed by atoms with Crippen LogP contribution in [0.2, 0.25) is 0 Å². The Bertz CT molecular complexity index is 756. The molecule has 98 valence electrons. The van der Waals surface area contributed by atoms with Gasteiger partial charge in [0.2, 0.25) is 5.89 Å². The number of hydrogen-bond donors (Lipinski definition) is 0. The van der Waals surface area contributed by atoms with Crippen molar-refractivity contribution in [3.05, 3.63) is 45.8 Å². The molecule has 6 heteroatoms. The number of pyridine rings is 1. The van der Waals surface area contributed by atoms with Crippen LogP contribution in [0.5, 0.6) is 0 Å². The largest absolute Gasteiger partial charge is 0.339 e. The van der Waals surface area contributed by atoms with Crippen LogP contribution in [0.1, 0.15) is 25.1 Å². The predicted molar refractivity (Wildman–Crippen MR) is 73.5 cm³/mol. The van der Waals surface area contributed by atoms with Crippen molar-refractivity contribution in [3.63, 3.8) is 0 Å². The lowest BCUT2D eigenvalue weighted by Gasteiger charge is -2.01. The third-order valence-corrected chi connectivity index (χ3v) is 3.76. The molecule has 3 rings (SSSR count). The van der Waals surface area contributed by atoms with Gasteiger partial charge in [0.1, 0.15) is 0 Å². The number of aromatic nitrogens is 3. The maximum Gasteiger partial charge on any atom is 0.259 e. The first kappa shape index (κ1) is 12.1. The van der Waals surface area contributed by atoms with Gasteiger partial charge in [-0.15, -0.1) is 11.3 Å². The fourth-order valence-electron chi connectivity index (χ4n) is 1.95. The highest BCUT2D eigenvalue weighted by molar-refractivity contribution is 7.17. The third-order valence-electron chi connectivity index (χ3n) is 2.88. The molecule has 0 N–H and O–H groups in total. The van der Waals surface area contributed by atoms with Crippen LogP contribution in [0, 0.1) is 0 Å². The molecule has 0 fully saturated rings. The molecule has 0 atom stereocenters. The Balaban J connectivity index is 1.91. The Morgan fingerprint density at radius 2 is 2.32 bits per heavy atom. The Hall–Kier alpha value is -1.95. The van der Waals surface area contributed by atoms with Crippen molar-refractivity contribution in [1.29, 1.82) is 0 Å². The van der Waals surface area contributed by atoms with Gasteiger partial charge in [-0.2, -0.15) is 4.98 Å². The van der Waals surface area contributed by atoms with Gasteiger partial charge in [-0.25, -0.2) is 0 Å². The van der Waals surface area contributed by atoms with Gasteiger partial charge >= 0.3 is 0 Å². The molecule has 0 aromatic carbocycles. The van der Waals surface area contributed by atoms with Gasteiger partial charge in [-0.05, 0) is 23.9 Å². The Morgan fingerprint density at radius 3 is 3.16 bits per heavy atom. The van der Waals surface area contributed by atoms with E-state index in [4.69, 9.17) is 4.52 Å². The standard InChI is InChI=1S/C13H13N3O2S/c1-2-3-12-14-11(15-18-12)8-16-6-4-10-9(13(16)17)5-7-19-10/h4-7H,2-3,8H2,1H3. The van der Waals surface area contributed by atoms with Crippen LogP contribution in [-0.2, 0) is 13.0 Å². The molecule has 3 aromatic rings. The van der Waals surface area contributed by atoms with Crippen LogP contribution >= 0.6 is 11.3 Å². The maximum absolute atomic E-state index is 12.2. The summed E-state index contributed by atoms with van der Waals surface area (Å²) in [5.41, 5.74) is -0.0133. The van der Waals surface area contributed by atoms with Crippen molar-refractivity contribution in [2.75, 3.05) is 0 Å². The summed E-state index contributed by atoms with van der Waals surface area (Å²) in [5, 5.41) is 6.56. The monoisotopic (exact) mass is 275 g/mol. The minimum Gasteiger partial charge on any atom is -0.339 e. The molecular weight excluding hydrogens is 262 g/mol. The molecule has 0 unspecified atom stereocenters. The van der Waals surface area contributed by atoms with Crippen molar-refractivity contribution in [1.82, 2.24) is 14.7 Å². The van der Waals surface area contributed by atoms with Crippen LogP contribution < -0.4 is 5.56 Å². The number of fused-ring (bicyclic) bond motifs is 1. The predicted octanol–water partition coefficient (Wildman–Crippen LogP) is 2.45. The molecule has 0 amide bonds. The third kappa shape index (κ3) is 2.31. The summed E-state index contributed by atoms with van der Waals surface area (Å²) >= 11 is 1.56. The Kier molecular flexibility index (Phi) is 3.16.